The summed E-state index contributed by atoms with van der Waals surface area (Å²) in [6.45, 7) is 5.47. The first-order valence-corrected chi connectivity index (χ1v) is 9.88. The number of hydrogen-bond acceptors (Lipinski definition) is 5. The molecule has 3 unspecified atom stereocenters. The van der Waals surface area contributed by atoms with Crippen molar-refractivity contribution in [1.29, 1.82) is 0 Å². The molecule has 3 atom stereocenters. The van der Waals surface area contributed by atoms with Crippen LogP contribution in [0.25, 0.3) is 0 Å². The number of carbonyl (C=O) groups excluding carboxylic acids is 1. The maximum Gasteiger partial charge on any atom is 0.220 e. The van der Waals surface area contributed by atoms with Gasteiger partial charge < -0.3 is 14.8 Å². The van der Waals surface area contributed by atoms with Gasteiger partial charge in [-0.05, 0) is 24.7 Å². The topological polar surface area (TPSA) is 81.7 Å². The van der Waals surface area contributed by atoms with E-state index in [-0.39, 0.29) is 36.7 Å². The summed E-state index contributed by atoms with van der Waals surface area (Å²) >= 11 is 0. The van der Waals surface area contributed by atoms with E-state index in [1.165, 1.54) is 0 Å². The summed E-state index contributed by atoms with van der Waals surface area (Å²) in [4.78, 5) is 12.0. The molecule has 0 saturated carbocycles. The fraction of sp³-hybridized carbons (Fsp3) is 0.933. The van der Waals surface area contributed by atoms with Gasteiger partial charge in [0.15, 0.2) is 9.84 Å². The average molecular weight is 333 g/mol. The molecule has 6 nitrogen and oxygen atoms in total. The van der Waals surface area contributed by atoms with E-state index < -0.39 is 15.9 Å². The van der Waals surface area contributed by atoms with Crippen LogP contribution < -0.4 is 5.32 Å². The molecule has 2 saturated heterocycles. The SMILES string of the molecule is CC(C)C1CC(CC(=O)NCC2CS(=O)(=O)CCO2)CCO1. The molecule has 0 aromatic heterocycles. The number of carbonyl (C=O) groups is 1. The Labute approximate surface area is 132 Å². The fourth-order valence-corrected chi connectivity index (χ4v) is 4.28. The van der Waals surface area contributed by atoms with Crippen LogP contribution in [0.4, 0.5) is 0 Å². The van der Waals surface area contributed by atoms with Gasteiger partial charge in [-0.25, -0.2) is 8.42 Å². The summed E-state index contributed by atoms with van der Waals surface area (Å²) < 4.78 is 34.1. The quantitative estimate of drug-likeness (QED) is 0.803. The van der Waals surface area contributed by atoms with Crippen molar-refractivity contribution in [2.24, 2.45) is 11.8 Å². The Hall–Kier alpha value is -0.660. The van der Waals surface area contributed by atoms with Gasteiger partial charge in [0, 0.05) is 19.6 Å². The molecule has 1 amide bonds. The third-order valence-corrected chi connectivity index (χ3v) is 6.02. The highest BCUT2D eigenvalue weighted by atomic mass is 32.2. The van der Waals surface area contributed by atoms with Crippen LogP contribution >= 0.6 is 0 Å². The molecule has 128 valence electrons. The Bertz CT molecular complexity index is 476. The summed E-state index contributed by atoms with van der Waals surface area (Å²) in [5.41, 5.74) is 0. The van der Waals surface area contributed by atoms with E-state index >= 15 is 0 Å². The lowest BCUT2D eigenvalue weighted by Crippen LogP contribution is -2.43. The third-order valence-electron chi connectivity index (χ3n) is 4.36. The molecule has 2 aliphatic rings. The van der Waals surface area contributed by atoms with Gasteiger partial charge >= 0.3 is 0 Å². The zero-order valence-electron chi connectivity index (χ0n) is 13.4. The smallest absolute Gasteiger partial charge is 0.220 e. The van der Waals surface area contributed by atoms with Crippen molar-refractivity contribution in [2.45, 2.75) is 45.3 Å². The summed E-state index contributed by atoms with van der Waals surface area (Å²) in [5.74, 6) is 0.862. The molecule has 2 rings (SSSR count). The highest BCUT2D eigenvalue weighted by molar-refractivity contribution is 7.91. The molecule has 0 aliphatic carbocycles. The molecular formula is C15H27NO5S. The van der Waals surface area contributed by atoms with E-state index in [4.69, 9.17) is 9.47 Å². The summed E-state index contributed by atoms with van der Waals surface area (Å²) in [6.07, 6.45) is 2.12. The van der Waals surface area contributed by atoms with Crippen molar-refractivity contribution in [3.63, 3.8) is 0 Å². The van der Waals surface area contributed by atoms with Crippen LogP contribution in [-0.2, 0) is 24.1 Å². The Morgan fingerprint density at radius 3 is 2.73 bits per heavy atom. The third kappa shape index (κ3) is 5.52. The highest BCUT2D eigenvalue weighted by Crippen LogP contribution is 2.27. The molecule has 0 spiro atoms. The molecule has 2 aliphatic heterocycles. The van der Waals surface area contributed by atoms with Crippen molar-refractivity contribution in [1.82, 2.24) is 5.32 Å². The Morgan fingerprint density at radius 1 is 1.27 bits per heavy atom. The van der Waals surface area contributed by atoms with Gasteiger partial charge in [0.25, 0.3) is 0 Å². The standard InChI is InChI=1S/C15H27NO5S/c1-11(2)14-7-12(3-4-21-14)8-15(17)16-9-13-10-22(18,19)6-5-20-13/h11-14H,3-10H2,1-2H3,(H,16,17). The van der Waals surface area contributed by atoms with Gasteiger partial charge in [-0.2, -0.15) is 0 Å². The minimum Gasteiger partial charge on any atom is -0.378 e. The van der Waals surface area contributed by atoms with Crippen molar-refractivity contribution in [2.75, 3.05) is 31.3 Å². The maximum atomic E-state index is 12.0. The van der Waals surface area contributed by atoms with E-state index in [2.05, 4.69) is 19.2 Å². The number of nitrogens with one attached hydrogen (secondary N) is 1. The predicted molar refractivity (Wildman–Crippen MR) is 83.3 cm³/mol. The minimum absolute atomic E-state index is 0.0000277. The van der Waals surface area contributed by atoms with Crippen molar-refractivity contribution >= 4 is 15.7 Å². The summed E-state index contributed by atoms with van der Waals surface area (Å²) in [7, 11) is -3.02. The van der Waals surface area contributed by atoms with E-state index in [1.807, 2.05) is 0 Å². The second kappa shape index (κ2) is 7.75. The maximum absolute atomic E-state index is 12.0. The molecule has 2 heterocycles. The molecule has 0 aromatic carbocycles. The molecule has 22 heavy (non-hydrogen) atoms. The Kier molecular flexibility index (Phi) is 6.23. The second-order valence-electron chi connectivity index (χ2n) is 6.66. The van der Waals surface area contributed by atoms with Gasteiger partial charge in [0.1, 0.15) is 0 Å². The summed E-state index contributed by atoms with van der Waals surface area (Å²) in [6, 6.07) is 0. The van der Waals surface area contributed by atoms with Gasteiger partial charge in [-0.3, -0.25) is 4.79 Å². The molecule has 7 heteroatoms. The lowest BCUT2D eigenvalue weighted by atomic mass is 9.88. The first-order valence-electron chi connectivity index (χ1n) is 8.06. The van der Waals surface area contributed by atoms with Crippen molar-refractivity contribution < 1.29 is 22.7 Å². The van der Waals surface area contributed by atoms with Crippen molar-refractivity contribution in [3.05, 3.63) is 0 Å². The first-order chi connectivity index (χ1) is 10.4. The molecule has 2 fully saturated rings. The fourth-order valence-electron chi connectivity index (χ4n) is 2.99. The van der Waals surface area contributed by atoms with Crippen LogP contribution in [0.2, 0.25) is 0 Å². The molecule has 1 N–H and O–H groups in total. The van der Waals surface area contributed by atoms with Gasteiger partial charge in [-0.15, -0.1) is 0 Å². The number of rotatable bonds is 5. The van der Waals surface area contributed by atoms with Crippen LogP contribution in [0.5, 0.6) is 0 Å². The molecular weight excluding hydrogens is 306 g/mol. The normalized spacial score (nSPS) is 31.9. The highest BCUT2D eigenvalue weighted by Gasteiger charge is 2.28. The van der Waals surface area contributed by atoms with E-state index in [0.717, 1.165) is 12.8 Å². The Morgan fingerprint density at radius 2 is 2.05 bits per heavy atom. The minimum atomic E-state index is -3.02. The number of sulfone groups is 1. The molecule has 0 bridgehead atoms. The number of ether oxygens (including phenoxy) is 2. The van der Waals surface area contributed by atoms with Crippen LogP contribution in [0.1, 0.15) is 33.1 Å². The van der Waals surface area contributed by atoms with Crippen LogP contribution in [0.3, 0.4) is 0 Å². The monoisotopic (exact) mass is 333 g/mol. The zero-order valence-corrected chi connectivity index (χ0v) is 14.2. The van der Waals surface area contributed by atoms with E-state index in [1.54, 1.807) is 0 Å². The predicted octanol–water partition coefficient (Wildman–Crippen LogP) is 0.758. The zero-order chi connectivity index (χ0) is 16.2. The number of amides is 1. The van der Waals surface area contributed by atoms with Gasteiger partial charge in [-0.1, -0.05) is 13.8 Å². The lowest BCUT2D eigenvalue weighted by Gasteiger charge is -2.31. The summed E-state index contributed by atoms with van der Waals surface area (Å²) in [5, 5.41) is 2.81. The van der Waals surface area contributed by atoms with Crippen molar-refractivity contribution in [3.8, 4) is 0 Å². The van der Waals surface area contributed by atoms with E-state index in [0.29, 0.717) is 24.9 Å². The van der Waals surface area contributed by atoms with Gasteiger partial charge in [0.2, 0.25) is 5.91 Å². The molecule has 0 radical (unpaired) electrons. The number of hydrogen-bond donors (Lipinski definition) is 1. The van der Waals surface area contributed by atoms with Crippen LogP contribution in [0.15, 0.2) is 0 Å². The van der Waals surface area contributed by atoms with Crippen LogP contribution in [-0.4, -0.2) is 57.8 Å². The Balaban J connectivity index is 1.71. The second-order valence-corrected chi connectivity index (χ2v) is 8.89. The molecule has 0 aromatic rings. The largest absolute Gasteiger partial charge is 0.378 e. The first kappa shape index (κ1) is 17.7. The van der Waals surface area contributed by atoms with Gasteiger partial charge in [0.05, 0.1) is 30.3 Å². The van der Waals surface area contributed by atoms with E-state index in [9.17, 15) is 13.2 Å². The van der Waals surface area contributed by atoms with Crippen LogP contribution in [0, 0.1) is 11.8 Å². The average Bonchev–Trinajstić information content (AvgIpc) is 2.44. The lowest BCUT2D eigenvalue weighted by molar-refractivity contribution is -0.124.